The van der Waals surface area contributed by atoms with Crippen LogP contribution in [0.25, 0.3) is 11.0 Å². The van der Waals surface area contributed by atoms with Crippen LogP contribution in [0.3, 0.4) is 0 Å². The van der Waals surface area contributed by atoms with Crippen molar-refractivity contribution in [3.05, 3.63) is 71.2 Å². The maximum Gasteiger partial charge on any atom is 1.00 e. The van der Waals surface area contributed by atoms with E-state index in [1.165, 1.54) is 30.5 Å². The number of pyridine rings is 2. The minimum Gasteiger partial charge on any atom is -0.543 e. The number of nitrogens with one attached hydrogen (secondary N) is 2. The summed E-state index contributed by atoms with van der Waals surface area (Å²) in [4.78, 5) is 71.6. The Morgan fingerprint density at radius 1 is 1.16 bits per heavy atom. The predicted molar refractivity (Wildman–Crippen MR) is 142 cm³/mol. The minimum atomic E-state index is -1.67. The molecule has 6 N–H and O–H groups in total. The van der Waals surface area contributed by atoms with Crippen LogP contribution < -0.4 is 51.0 Å². The molecule has 2 aliphatic rings. The number of rotatable bonds is 8. The quantitative estimate of drug-likeness (QED) is 0.120. The number of ether oxygens (including phenoxy) is 1. The van der Waals surface area contributed by atoms with Crippen LogP contribution >= 0.6 is 11.8 Å². The van der Waals surface area contributed by atoms with Crippen LogP contribution in [0.15, 0.2) is 60.1 Å². The number of carboxylic acids is 1. The molecule has 1 aromatic carbocycles. The molecule has 0 radical (unpaired) electrons. The maximum atomic E-state index is 13.5. The number of β-lactam (4-membered cyclic amide) rings is 1. The van der Waals surface area contributed by atoms with Crippen LogP contribution in [0.1, 0.15) is 22.0 Å². The molecule has 2 aliphatic heterocycles. The number of carbonyl (C=O) groups excluding carboxylic acids is 5. The predicted octanol–water partition coefficient (Wildman–Crippen LogP) is -3.98. The zero-order valence-corrected chi connectivity index (χ0v) is 25.2. The Morgan fingerprint density at radius 2 is 1.88 bits per heavy atom. The van der Waals surface area contributed by atoms with Crippen LogP contribution in [-0.4, -0.2) is 78.6 Å². The fourth-order valence-electron chi connectivity index (χ4n) is 4.53. The average Bonchev–Trinajstić information content (AvgIpc) is 2.97. The molecule has 0 saturated carbocycles. The Bertz CT molecular complexity index is 1670. The van der Waals surface area contributed by atoms with Crippen molar-refractivity contribution >= 4 is 52.6 Å². The Kier molecular flexibility index (Phi) is 9.44. The molecular formula is C26H21N6NaO9S. The number of fused-ring (bicyclic) bond motifs is 2. The minimum absolute atomic E-state index is 0. The van der Waals surface area contributed by atoms with Crippen molar-refractivity contribution in [2.45, 2.75) is 17.5 Å². The van der Waals surface area contributed by atoms with Gasteiger partial charge in [-0.25, -0.2) is 4.79 Å². The van der Waals surface area contributed by atoms with Crippen LogP contribution in [0.4, 0.5) is 4.79 Å². The van der Waals surface area contributed by atoms with Gasteiger partial charge in [0.1, 0.15) is 40.9 Å². The van der Waals surface area contributed by atoms with Crippen molar-refractivity contribution in [3.63, 3.8) is 0 Å². The zero-order chi connectivity index (χ0) is 30.1. The Labute approximate surface area is 268 Å². The Morgan fingerprint density at radius 3 is 2.56 bits per heavy atom. The fraction of sp³-hybridized carbons (Fsp3) is 0.192. The number of thioether (sulfide) groups is 1. The van der Waals surface area contributed by atoms with Crippen molar-refractivity contribution in [1.82, 2.24) is 25.5 Å². The third-order valence-corrected chi connectivity index (χ3v) is 7.87. The molecule has 17 heteroatoms. The molecule has 0 aliphatic carbocycles. The third-order valence-electron chi connectivity index (χ3n) is 6.53. The summed E-state index contributed by atoms with van der Waals surface area (Å²) in [5.74, 6) is -4.67. The number of nitrogens with two attached hydrogens (primary N) is 1. The average molecular weight is 617 g/mol. The topological polar surface area (TPSA) is 237 Å². The molecule has 4 amide bonds. The number of primary amides is 1. The van der Waals surface area contributed by atoms with Crippen molar-refractivity contribution in [3.8, 4) is 11.5 Å². The summed E-state index contributed by atoms with van der Waals surface area (Å²) in [6, 6.07) is 5.96. The fourth-order valence-corrected chi connectivity index (χ4v) is 5.85. The molecule has 3 atom stereocenters. The summed E-state index contributed by atoms with van der Waals surface area (Å²) in [5.41, 5.74) is 4.95. The normalized spacial score (nSPS) is 18.0. The number of aromatic nitrogens is 2. The van der Waals surface area contributed by atoms with Crippen LogP contribution in [-0.2, 0) is 19.1 Å². The van der Waals surface area contributed by atoms with E-state index < -0.39 is 65.3 Å². The molecule has 1 fully saturated rings. The summed E-state index contributed by atoms with van der Waals surface area (Å²) in [5, 5.41) is 36.4. The number of nitrogens with zero attached hydrogens (tertiary/aromatic N) is 3. The molecular weight excluding hydrogens is 595 g/mol. The second-order valence-corrected chi connectivity index (χ2v) is 10.2. The SMILES string of the molecule is NC(=O)OCC1=C(C(=O)[O-])N2C(=O)C(NC(=O)C(NC(=O)c3cnc4cccnc4c3O)c3ccc(O)cc3)[C@@H]2SC1.[Na+]. The molecule has 5 rings (SSSR count). The number of aromatic hydroxyl groups is 2. The van der Waals surface area contributed by atoms with E-state index in [0.717, 1.165) is 22.9 Å². The summed E-state index contributed by atoms with van der Waals surface area (Å²) in [7, 11) is 0. The van der Waals surface area contributed by atoms with Gasteiger partial charge in [-0.15, -0.1) is 11.8 Å². The molecule has 3 aromatic rings. The van der Waals surface area contributed by atoms with E-state index in [0.29, 0.717) is 5.52 Å². The zero-order valence-electron chi connectivity index (χ0n) is 22.3. The van der Waals surface area contributed by atoms with Gasteiger partial charge in [0.25, 0.3) is 11.8 Å². The van der Waals surface area contributed by atoms with Gasteiger partial charge in [-0.1, -0.05) is 12.1 Å². The van der Waals surface area contributed by atoms with Crippen LogP contribution in [0.5, 0.6) is 11.5 Å². The number of benzene rings is 1. The molecule has 15 nitrogen and oxygen atoms in total. The molecule has 2 aromatic heterocycles. The molecule has 4 heterocycles. The number of phenols is 1. The maximum absolute atomic E-state index is 13.5. The first-order valence-electron chi connectivity index (χ1n) is 12.2. The van der Waals surface area contributed by atoms with Gasteiger partial charge in [-0.05, 0) is 29.8 Å². The van der Waals surface area contributed by atoms with E-state index in [2.05, 4.69) is 25.3 Å². The standard InChI is InChI=1S/C26H22N6O9S.Na/c27-26(40)41-9-12-10-42-24-18(23(37)32(24)19(12)25(38)39)31-22(36)16(11-3-5-13(33)6-4-11)30-21(35)14-8-29-15-2-1-7-28-17(15)20(14)34;/h1-8,16,18,24,33H,9-10H2,(H2,27,40)(H,29,34)(H,30,35)(H,31,36)(H,38,39);/q;+1/p-1/t16?,18?,24-;/m0./s1. The summed E-state index contributed by atoms with van der Waals surface area (Å²) >= 11 is 1.11. The number of phenolic OH excluding ortho intramolecular Hbond substituents is 1. The van der Waals surface area contributed by atoms with Gasteiger partial charge < -0.3 is 41.2 Å². The van der Waals surface area contributed by atoms with Gasteiger partial charge >= 0.3 is 35.7 Å². The Balaban J connectivity index is 0.00000423. The number of hydrogen-bond donors (Lipinski definition) is 5. The second-order valence-electron chi connectivity index (χ2n) is 9.13. The van der Waals surface area contributed by atoms with Crippen molar-refractivity contribution < 1.29 is 73.6 Å². The smallest absolute Gasteiger partial charge is 0.543 e. The monoisotopic (exact) mass is 616 g/mol. The van der Waals surface area contributed by atoms with Gasteiger partial charge in [0, 0.05) is 23.7 Å². The molecule has 1 saturated heterocycles. The van der Waals surface area contributed by atoms with E-state index in [-0.39, 0.29) is 63.3 Å². The first-order chi connectivity index (χ1) is 20.1. The van der Waals surface area contributed by atoms with Crippen molar-refractivity contribution in [2.24, 2.45) is 5.73 Å². The number of amides is 4. The van der Waals surface area contributed by atoms with Crippen LogP contribution in [0.2, 0.25) is 0 Å². The summed E-state index contributed by atoms with van der Waals surface area (Å²) < 4.78 is 4.68. The van der Waals surface area contributed by atoms with Crippen molar-refractivity contribution in [1.29, 1.82) is 0 Å². The van der Waals surface area contributed by atoms with E-state index in [4.69, 9.17) is 5.73 Å². The summed E-state index contributed by atoms with van der Waals surface area (Å²) in [6.45, 7) is -0.458. The second kappa shape index (κ2) is 12.9. The van der Waals surface area contributed by atoms with E-state index in [1.54, 1.807) is 12.1 Å². The van der Waals surface area contributed by atoms with E-state index in [9.17, 15) is 39.3 Å². The van der Waals surface area contributed by atoms with Gasteiger partial charge in [0.15, 0.2) is 5.75 Å². The first kappa shape index (κ1) is 31.6. The largest absolute Gasteiger partial charge is 1.00 e. The molecule has 0 spiro atoms. The van der Waals surface area contributed by atoms with E-state index >= 15 is 0 Å². The van der Waals surface area contributed by atoms with Gasteiger partial charge in [-0.2, -0.15) is 0 Å². The molecule has 43 heavy (non-hydrogen) atoms. The number of aliphatic carboxylic acids is 1. The van der Waals surface area contributed by atoms with Gasteiger partial charge in [-0.3, -0.25) is 29.3 Å². The number of carboxylic acid groups (broad SMARTS) is 1. The van der Waals surface area contributed by atoms with Gasteiger partial charge in [0.05, 0.1) is 17.2 Å². The van der Waals surface area contributed by atoms with Crippen molar-refractivity contribution in [2.75, 3.05) is 12.4 Å². The van der Waals surface area contributed by atoms with E-state index in [1.807, 2.05) is 0 Å². The molecule has 216 valence electrons. The summed E-state index contributed by atoms with van der Waals surface area (Å²) in [6.07, 6.45) is 1.41. The van der Waals surface area contributed by atoms with Gasteiger partial charge in [0.2, 0.25) is 5.91 Å². The molecule has 2 unspecified atom stereocenters. The van der Waals surface area contributed by atoms with Crippen LogP contribution in [0, 0.1) is 0 Å². The first-order valence-corrected chi connectivity index (χ1v) is 13.2. The Hall–Kier alpha value is -4.38. The molecule has 0 bridgehead atoms. The number of hydrogen-bond acceptors (Lipinski definition) is 12. The number of carbonyl (C=O) groups is 5. The third kappa shape index (κ3) is 6.22.